The van der Waals surface area contributed by atoms with Crippen LogP contribution in [0.25, 0.3) is 16.8 Å². The second-order valence-corrected chi connectivity index (χ2v) is 8.22. The third kappa shape index (κ3) is 4.03. The van der Waals surface area contributed by atoms with Gasteiger partial charge in [-0.15, -0.1) is 5.10 Å². The largest absolute Gasteiger partial charge is 0.453 e. The standard InChI is InChI=1S/C22H22F3N7O/c1-14-27-16-4-2-3-5-18(16)31(14)13-9-19(33)30-11-7-15(8-12-30)17-6-10-26-21-28-20(22(23,24)25)29-32(17)21/h2-6,10,15H,7-9,11-13H2,1H3. The number of hydrogen-bond donors (Lipinski definition) is 0. The van der Waals surface area contributed by atoms with Crippen LogP contribution in [0.4, 0.5) is 13.2 Å². The van der Waals surface area contributed by atoms with E-state index in [-0.39, 0.29) is 17.6 Å². The number of piperidine rings is 1. The molecule has 1 saturated heterocycles. The number of hydrogen-bond acceptors (Lipinski definition) is 5. The van der Waals surface area contributed by atoms with Crippen molar-refractivity contribution in [2.75, 3.05) is 13.1 Å². The van der Waals surface area contributed by atoms with Crippen LogP contribution in [-0.4, -0.2) is 53.0 Å². The Morgan fingerprint density at radius 2 is 1.88 bits per heavy atom. The molecule has 11 heteroatoms. The molecule has 0 bridgehead atoms. The molecule has 0 radical (unpaired) electrons. The number of likely N-dealkylation sites (tertiary alicyclic amines) is 1. The third-order valence-electron chi connectivity index (χ3n) is 6.18. The van der Waals surface area contributed by atoms with Gasteiger partial charge in [0.2, 0.25) is 5.91 Å². The van der Waals surface area contributed by atoms with Gasteiger partial charge in [-0.05, 0) is 38.0 Å². The molecule has 5 rings (SSSR count). The minimum absolute atomic E-state index is 0.0258. The number of carbonyl (C=O) groups is 1. The molecule has 1 fully saturated rings. The zero-order chi connectivity index (χ0) is 23.2. The first kappa shape index (κ1) is 21.4. The molecule has 0 unspecified atom stereocenters. The summed E-state index contributed by atoms with van der Waals surface area (Å²) in [4.78, 5) is 26.6. The smallest absolute Gasteiger partial charge is 0.343 e. The van der Waals surface area contributed by atoms with Gasteiger partial charge < -0.3 is 9.47 Å². The van der Waals surface area contributed by atoms with Gasteiger partial charge in [-0.1, -0.05) is 12.1 Å². The highest BCUT2D eigenvalue weighted by Crippen LogP contribution is 2.30. The van der Waals surface area contributed by atoms with Crippen molar-refractivity contribution in [3.8, 4) is 0 Å². The molecule has 0 N–H and O–H groups in total. The number of amides is 1. The van der Waals surface area contributed by atoms with Gasteiger partial charge in [0.05, 0.1) is 16.7 Å². The lowest BCUT2D eigenvalue weighted by Gasteiger charge is -2.32. The van der Waals surface area contributed by atoms with E-state index >= 15 is 0 Å². The number of aromatic nitrogens is 6. The maximum Gasteiger partial charge on any atom is 0.453 e. The Balaban J connectivity index is 1.24. The van der Waals surface area contributed by atoms with Gasteiger partial charge in [0, 0.05) is 38.2 Å². The number of carbonyl (C=O) groups excluding carboxylic acids is 1. The van der Waals surface area contributed by atoms with E-state index < -0.39 is 12.0 Å². The van der Waals surface area contributed by atoms with E-state index in [1.807, 2.05) is 36.1 Å². The number of benzene rings is 1. The molecule has 1 aromatic carbocycles. The van der Waals surface area contributed by atoms with E-state index in [1.54, 1.807) is 6.07 Å². The van der Waals surface area contributed by atoms with Crippen molar-refractivity contribution >= 4 is 22.7 Å². The molecule has 33 heavy (non-hydrogen) atoms. The molecule has 1 amide bonds. The second kappa shape index (κ2) is 8.13. The highest BCUT2D eigenvalue weighted by atomic mass is 19.4. The van der Waals surface area contributed by atoms with Crippen LogP contribution in [0.1, 0.15) is 42.5 Å². The molecule has 172 valence electrons. The minimum atomic E-state index is -4.63. The monoisotopic (exact) mass is 457 g/mol. The first-order chi connectivity index (χ1) is 15.8. The average Bonchev–Trinajstić information content (AvgIpc) is 3.38. The molecule has 4 aromatic rings. The molecule has 1 aliphatic heterocycles. The van der Waals surface area contributed by atoms with E-state index in [4.69, 9.17) is 0 Å². The lowest BCUT2D eigenvalue weighted by atomic mass is 9.93. The van der Waals surface area contributed by atoms with Gasteiger partial charge in [0.25, 0.3) is 11.6 Å². The summed E-state index contributed by atoms with van der Waals surface area (Å²) >= 11 is 0. The molecular formula is C22H22F3N7O. The normalized spacial score (nSPS) is 15.6. The quantitative estimate of drug-likeness (QED) is 0.468. The van der Waals surface area contributed by atoms with E-state index in [1.165, 1.54) is 10.7 Å². The zero-order valence-electron chi connectivity index (χ0n) is 18.0. The Bertz CT molecular complexity index is 1320. The molecule has 8 nitrogen and oxygen atoms in total. The number of imidazole rings is 1. The van der Waals surface area contributed by atoms with Crippen LogP contribution in [0.2, 0.25) is 0 Å². The molecule has 4 heterocycles. The fourth-order valence-electron chi connectivity index (χ4n) is 4.51. The Labute approximate surface area is 187 Å². The van der Waals surface area contributed by atoms with Crippen molar-refractivity contribution in [3.63, 3.8) is 0 Å². The van der Waals surface area contributed by atoms with Crippen LogP contribution in [0, 0.1) is 6.92 Å². The van der Waals surface area contributed by atoms with Crippen LogP contribution in [0.5, 0.6) is 0 Å². The predicted octanol–water partition coefficient (Wildman–Crippen LogP) is 3.60. The van der Waals surface area contributed by atoms with Gasteiger partial charge in [-0.25, -0.2) is 14.5 Å². The Morgan fingerprint density at radius 3 is 2.64 bits per heavy atom. The lowest BCUT2D eigenvalue weighted by molar-refractivity contribution is -0.144. The molecule has 1 aliphatic rings. The van der Waals surface area contributed by atoms with Crippen molar-refractivity contribution in [1.29, 1.82) is 0 Å². The predicted molar refractivity (Wildman–Crippen MR) is 113 cm³/mol. The maximum absolute atomic E-state index is 13.0. The summed E-state index contributed by atoms with van der Waals surface area (Å²) in [6.45, 7) is 3.56. The average molecular weight is 457 g/mol. The van der Waals surface area contributed by atoms with E-state index in [2.05, 4.69) is 24.6 Å². The number of aryl methyl sites for hydroxylation is 2. The molecule has 0 spiro atoms. The summed E-state index contributed by atoms with van der Waals surface area (Å²) in [6.07, 6.45) is -1.53. The zero-order valence-corrected chi connectivity index (χ0v) is 18.0. The SMILES string of the molecule is Cc1nc2ccccc2n1CCC(=O)N1CCC(c2ccnc3nc(C(F)(F)F)nn23)CC1. The van der Waals surface area contributed by atoms with Crippen molar-refractivity contribution in [1.82, 2.24) is 34.0 Å². The summed E-state index contributed by atoms with van der Waals surface area (Å²) < 4.78 is 42.3. The Kier molecular flexibility index (Phi) is 5.26. The van der Waals surface area contributed by atoms with Crippen LogP contribution >= 0.6 is 0 Å². The van der Waals surface area contributed by atoms with Gasteiger partial charge in [0.1, 0.15) is 5.82 Å². The fraction of sp³-hybridized carbons (Fsp3) is 0.409. The molecule has 0 atom stereocenters. The van der Waals surface area contributed by atoms with Crippen molar-refractivity contribution < 1.29 is 18.0 Å². The molecule has 0 saturated carbocycles. The van der Waals surface area contributed by atoms with Crippen LogP contribution < -0.4 is 0 Å². The van der Waals surface area contributed by atoms with E-state index in [0.29, 0.717) is 44.6 Å². The van der Waals surface area contributed by atoms with Crippen molar-refractivity contribution in [3.05, 3.63) is 53.9 Å². The van der Waals surface area contributed by atoms with Crippen LogP contribution in [-0.2, 0) is 17.5 Å². The molecular weight excluding hydrogens is 435 g/mol. The van der Waals surface area contributed by atoms with Crippen molar-refractivity contribution in [2.24, 2.45) is 0 Å². The van der Waals surface area contributed by atoms with E-state index in [9.17, 15) is 18.0 Å². The van der Waals surface area contributed by atoms with Crippen LogP contribution in [0.3, 0.4) is 0 Å². The van der Waals surface area contributed by atoms with E-state index in [0.717, 1.165) is 16.9 Å². The Morgan fingerprint density at radius 1 is 1.12 bits per heavy atom. The number of fused-ring (bicyclic) bond motifs is 2. The summed E-state index contributed by atoms with van der Waals surface area (Å²) in [5, 5.41) is 3.63. The summed E-state index contributed by atoms with van der Waals surface area (Å²) in [6, 6.07) is 9.52. The molecule has 3 aromatic heterocycles. The van der Waals surface area contributed by atoms with Crippen LogP contribution in [0.15, 0.2) is 36.5 Å². The number of nitrogens with zero attached hydrogens (tertiary/aromatic N) is 7. The summed E-state index contributed by atoms with van der Waals surface area (Å²) in [5.74, 6) is -0.359. The summed E-state index contributed by atoms with van der Waals surface area (Å²) in [7, 11) is 0. The topological polar surface area (TPSA) is 81.2 Å². The Hall–Kier alpha value is -3.50. The first-order valence-corrected chi connectivity index (χ1v) is 10.8. The minimum Gasteiger partial charge on any atom is -0.343 e. The fourth-order valence-corrected chi connectivity index (χ4v) is 4.51. The molecule has 0 aliphatic carbocycles. The number of rotatable bonds is 4. The number of halogens is 3. The number of para-hydroxylation sites is 2. The highest BCUT2D eigenvalue weighted by molar-refractivity contribution is 5.78. The van der Waals surface area contributed by atoms with Gasteiger partial charge >= 0.3 is 6.18 Å². The lowest BCUT2D eigenvalue weighted by Crippen LogP contribution is -2.38. The summed E-state index contributed by atoms with van der Waals surface area (Å²) in [5.41, 5.74) is 2.55. The highest BCUT2D eigenvalue weighted by Gasteiger charge is 2.37. The first-order valence-electron chi connectivity index (χ1n) is 10.8. The van der Waals surface area contributed by atoms with Gasteiger partial charge in [0.15, 0.2) is 0 Å². The third-order valence-corrected chi connectivity index (χ3v) is 6.18. The maximum atomic E-state index is 13.0. The number of alkyl halides is 3. The van der Waals surface area contributed by atoms with Gasteiger partial charge in [-0.3, -0.25) is 4.79 Å². The second-order valence-electron chi connectivity index (χ2n) is 8.22. The van der Waals surface area contributed by atoms with Gasteiger partial charge in [-0.2, -0.15) is 18.2 Å². The van der Waals surface area contributed by atoms with Crippen molar-refractivity contribution in [2.45, 2.75) is 44.8 Å².